The maximum atomic E-state index is 12.0. The molecule has 0 bridgehead atoms. The third-order valence-electron chi connectivity index (χ3n) is 3.64. The van der Waals surface area contributed by atoms with E-state index in [0.29, 0.717) is 5.69 Å². The largest absolute Gasteiger partial charge is 0.479 e. The lowest BCUT2D eigenvalue weighted by atomic mass is 10.2. The van der Waals surface area contributed by atoms with Gasteiger partial charge >= 0.3 is 5.97 Å². The van der Waals surface area contributed by atoms with Crippen LogP contribution in [0.1, 0.15) is 43.0 Å². The van der Waals surface area contributed by atoms with Gasteiger partial charge in [0.1, 0.15) is 5.75 Å². The van der Waals surface area contributed by atoms with E-state index in [-0.39, 0.29) is 23.3 Å². The third kappa shape index (κ3) is 3.87. The summed E-state index contributed by atoms with van der Waals surface area (Å²) >= 11 is 0. The predicted octanol–water partition coefficient (Wildman–Crippen LogP) is 1.79. The van der Waals surface area contributed by atoms with Crippen LogP contribution in [0.3, 0.4) is 0 Å². The Kier molecular flexibility index (Phi) is 4.67. The van der Waals surface area contributed by atoms with Gasteiger partial charge in [-0.1, -0.05) is 12.8 Å². The molecular formula is C15H20N2O4. The Morgan fingerprint density at radius 1 is 1.38 bits per heavy atom. The number of amides is 1. The van der Waals surface area contributed by atoms with Gasteiger partial charge in [-0.05, 0) is 38.0 Å². The van der Waals surface area contributed by atoms with Crippen molar-refractivity contribution in [1.29, 1.82) is 0 Å². The molecular weight excluding hydrogens is 272 g/mol. The van der Waals surface area contributed by atoms with Gasteiger partial charge in [0.2, 0.25) is 0 Å². The molecule has 114 valence electrons. The maximum Gasteiger partial charge on any atom is 0.335 e. The molecule has 1 aromatic rings. The molecule has 1 unspecified atom stereocenters. The highest BCUT2D eigenvalue weighted by molar-refractivity contribution is 5.89. The summed E-state index contributed by atoms with van der Waals surface area (Å²) in [5, 5.41) is 11.9. The Bertz CT molecular complexity index is 538. The quantitative estimate of drug-likeness (QED) is 0.718. The smallest absolute Gasteiger partial charge is 0.335 e. The number of rotatable bonds is 5. The number of aromatic carboxylic acids is 1. The van der Waals surface area contributed by atoms with Gasteiger partial charge in [0.05, 0.1) is 11.3 Å². The highest BCUT2D eigenvalue weighted by Crippen LogP contribution is 2.24. The van der Waals surface area contributed by atoms with Crippen LogP contribution in [0.2, 0.25) is 0 Å². The fraction of sp³-hybridized carbons (Fsp3) is 0.467. The van der Waals surface area contributed by atoms with Crippen molar-refractivity contribution < 1.29 is 19.4 Å². The number of hydrogen-bond donors (Lipinski definition) is 3. The molecule has 1 atom stereocenters. The van der Waals surface area contributed by atoms with Gasteiger partial charge in [-0.25, -0.2) is 4.79 Å². The molecule has 2 rings (SSSR count). The van der Waals surface area contributed by atoms with E-state index < -0.39 is 12.1 Å². The third-order valence-corrected chi connectivity index (χ3v) is 3.64. The van der Waals surface area contributed by atoms with E-state index in [1.54, 1.807) is 6.92 Å². The standard InChI is InChI=1S/C15H20N2O4/c1-9(14(18)17-11-4-2-3-5-11)21-13-8-10(15(19)20)6-7-12(13)16/h6-9,11H,2-5,16H2,1H3,(H,17,18)(H,19,20). The number of nitrogens with one attached hydrogen (secondary N) is 1. The van der Waals surface area contributed by atoms with Gasteiger partial charge in [0, 0.05) is 6.04 Å². The van der Waals surface area contributed by atoms with E-state index >= 15 is 0 Å². The first kappa shape index (κ1) is 15.2. The molecule has 1 aliphatic carbocycles. The van der Waals surface area contributed by atoms with Crippen LogP contribution in [0.15, 0.2) is 18.2 Å². The number of anilines is 1. The Morgan fingerprint density at radius 2 is 2.05 bits per heavy atom. The SMILES string of the molecule is CC(Oc1cc(C(=O)O)ccc1N)C(=O)NC1CCCC1. The molecule has 1 amide bonds. The summed E-state index contributed by atoms with van der Waals surface area (Å²) in [7, 11) is 0. The number of ether oxygens (including phenoxy) is 1. The molecule has 1 saturated carbocycles. The molecule has 21 heavy (non-hydrogen) atoms. The number of benzene rings is 1. The first-order chi connectivity index (χ1) is 9.97. The maximum absolute atomic E-state index is 12.0. The van der Waals surface area contributed by atoms with E-state index in [0.717, 1.165) is 25.7 Å². The Morgan fingerprint density at radius 3 is 2.67 bits per heavy atom. The van der Waals surface area contributed by atoms with Gasteiger partial charge < -0.3 is 20.9 Å². The zero-order valence-corrected chi connectivity index (χ0v) is 12.0. The number of nitrogen functional groups attached to an aromatic ring is 1. The first-order valence-corrected chi connectivity index (χ1v) is 7.07. The summed E-state index contributed by atoms with van der Waals surface area (Å²) < 4.78 is 5.51. The topological polar surface area (TPSA) is 102 Å². The summed E-state index contributed by atoms with van der Waals surface area (Å²) in [5.41, 5.74) is 6.13. The zero-order chi connectivity index (χ0) is 15.4. The van der Waals surface area contributed by atoms with Crippen LogP contribution in [-0.2, 0) is 4.79 Å². The van der Waals surface area contributed by atoms with Crippen molar-refractivity contribution in [2.45, 2.75) is 44.8 Å². The Balaban J connectivity index is 2.00. The number of hydrogen-bond acceptors (Lipinski definition) is 4. The molecule has 4 N–H and O–H groups in total. The van der Waals surface area contributed by atoms with Crippen molar-refractivity contribution >= 4 is 17.6 Å². The van der Waals surface area contributed by atoms with Gasteiger partial charge in [0.25, 0.3) is 5.91 Å². The second-order valence-corrected chi connectivity index (χ2v) is 5.31. The molecule has 0 heterocycles. The minimum Gasteiger partial charge on any atom is -0.479 e. The molecule has 1 fully saturated rings. The van der Waals surface area contributed by atoms with E-state index in [1.165, 1.54) is 18.2 Å². The molecule has 0 aromatic heterocycles. The summed E-state index contributed by atoms with van der Waals surface area (Å²) in [4.78, 5) is 23.0. The molecule has 0 spiro atoms. The number of carbonyl (C=O) groups excluding carboxylic acids is 1. The van der Waals surface area contributed by atoms with Gasteiger partial charge in [-0.3, -0.25) is 4.79 Å². The number of carboxylic acid groups (broad SMARTS) is 1. The van der Waals surface area contributed by atoms with Crippen LogP contribution in [-0.4, -0.2) is 29.1 Å². The highest BCUT2D eigenvalue weighted by Gasteiger charge is 2.22. The summed E-state index contributed by atoms with van der Waals surface area (Å²) in [6.45, 7) is 1.62. The fourth-order valence-corrected chi connectivity index (χ4v) is 2.40. The lowest BCUT2D eigenvalue weighted by Crippen LogP contribution is -2.41. The Labute approximate surface area is 123 Å². The van der Waals surface area contributed by atoms with E-state index in [4.69, 9.17) is 15.6 Å². The number of carboxylic acids is 1. The highest BCUT2D eigenvalue weighted by atomic mass is 16.5. The molecule has 6 heteroatoms. The fourth-order valence-electron chi connectivity index (χ4n) is 2.40. The van der Waals surface area contributed by atoms with Gasteiger partial charge in [-0.15, -0.1) is 0 Å². The van der Waals surface area contributed by atoms with Crippen molar-refractivity contribution in [2.75, 3.05) is 5.73 Å². The average molecular weight is 292 g/mol. The van der Waals surface area contributed by atoms with E-state index in [2.05, 4.69) is 5.32 Å². The van der Waals surface area contributed by atoms with Crippen LogP contribution >= 0.6 is 0 Å². The molecule has 0 aliphatic heterocycles. The summed E-state index contributed by atoms with van der Waals surface area (Å²) in [6, 6.07) is 4.40. The number of nitrogens with two attached hydrogens (primary N) is 1. The average Bonchev–Trinajstić information content (AvgIpc) is 2.93. The summed E-state index contributed by atoms with van der Waals surface area (Å²) in [5.74, 6) is -1.06. The van der Waals surface area contributed by atoms with Crippen molar-refractivity contribution in [3.8, 4) is 5.75 Å². The van der Waals surface area contributed by atoms with Gasteiger partial charge in [-0.2, -0.15) is 0 Å². The second-order valence-electron chi connectivity index (χ2n) is 5.31. The minimum atomic E-state index is -1.07. The monoisotopic (exact) mass is 292 g/mol. The van der Waals surface area contributed by atoms with Crippen LogP contribution in [0.5, 0.6) is 5.75 Å². The first-order valence-electron chi connectivity index (χ1n) is 7.07. The van der Waals surface area contributed by atoms with Crippen molar-refractivity contribution in [1.82, 2.24) is 5.32 Å². The molecule has 1 aromatic carbocycles. The van der Waals surface area contributed by atoms with E-state index in [9.17, 15) is 9.59 Å². The van der Waals surface area contributed by atoms with E-state index in [1.807, 2.05) is 0 Å². The van der Waals surface area contributed by atoms with Crippen LogP contribution in [0.25, 0.3) is 0 Å². The molecule has 1 aliphatic rings. The predicted molar refractivity (Wildman–Crippen MR) is 78.3 cm³/mol. The normalized spacial score (nSPS) is 16.4. The molecule has 0 radical (unpaired) electrons. The van der Waals surface area contributed by atoms with Crippen LogP contribution in [0, 0.1) is 0 Å². The van der Waals surface area contributed by atoms with Crippen LogP contribution in [0.4, 0.5) is 5.69 Å². The zero-order valence-electron chi connectivity index (χ0n) is 12.0. The van der Waals surface area contributed by atoms with Crippen molar-refractivity contribution in [3.05, 3.63) is 23.8 Å². The van der Waals surface area contributed by atoms with Crippen molar-refractivity contribution in [3.63, 3.8) is 0 Å². The van der Waals surface area contributed by atoms with Crippen LogP contribution < -0.4 is 15.8 Å². The summed E-state index contributed by atoms with van der Waals surface area (Å²) in [6.07, 6.45) is 3.53. The Hall–Kier alpha value is -2.24. The lowest BCUT2D eigenvalue weighted by Gasteiger charge is -2.19. The van der Waals surface area contributed by atoms with Crippen molar-refractivity contribution in [2.24, 2.45) is 0 Å². The minimum absolute atomic E-state index is 0.0719. The van der Waals surface area contributed by atoms with Gasteiger partial charge in [0.15, 0.2) is 6.10 Å². The second kappa shape index (κ2) is 6.47. The lowest BCUT2D eigenvalue weighted by molar-refractivity contribution is -0.127. The number of carbonyl (C=O) groups is 2. The molecule has 0 saturated heterocycles. The molecule has 6 nitrogen and oxygen atoms in total.